The molecule has 0 aliphatic carbocycles. The number of aromatic nitrogens is 2. The SMILES string of the molecule is CNC(=O)C[NH2+]CC(=O)Nc1cc(-c2cc(C)ccc2C)nn1-c1ccccc1. The van der Waals surface area contributed by atoms with E-state index < -0.39 is 0 Å². The van der Waals surface area contributed by atoms with Gasteiger partial charge in [0.1, 0.15) is 5.82 Å². The van der Waals surface area contributed by atoms with Gasteiger partial charge in [0, 0.05) is 18.7 Å². The fourth-order valence-corrected chi connectivity index (χ4v) is 3.01. The molecule has 0 saturated heterocycles. The van der Waals surface area contributed by atoms with Gasteiger partial charge in [-0.1, -0.05) is 35.9 Å². The summed E-state index contributed by atoms with van der Waals surface area (Å²) >= 11 is 0. The zero-order valence-corrected chi connectivity index (χ0v) is 16.9. The number of quaternary nitrogens is 1. The number of rotatable bonds is 7. The Morgan fingerprint density at radius 1 is 1.00 bits per heavy atom. The van der Waals surface area contributed by atoms with E-state index in [1.54, 1.807) is 17.0 Å². The van der Waals surface area contributed by atoms with Gasteiger partial charge in [0.2, 0.25) is 0 Å². The Morgan fingerprint density at radius 3 is 2.45 bits per heavy atom. The van der Waals surface area contributed by atoms with Crippen LogP contribution in [0.25, 0.3) is 16.9 Å². The highest BCUT2D eigenvalue weighted by Crippen LogP contribution is 2.28. The Labute approximate surface area is 170 Å². The summed E-state index contributed by atoms with van der Waals surface area (Å²) in [5.74, 6) is 0.272. The summed E-state index contributed by atoms with van der Waals surface area (Å²) in [5.41, 5.74) is 4.94. The highest BCUT2D eigenvalue weighted by Gasteiger charge is 2.16. The molecule has 0 spiro atoms. The molecule has 0 aliphatic heterocycles. The van der Waals surface area contributed by atoms with Crippen molar-refractivity contribution in [3.8, 4) is 16.9 Å². The topological polar surface area (TPSA) is 92.6 Å². The predicted molar refractivity (Wildman–Crippen MR) is 113 cm³/mol. The number of likely N-dealkylation sites (N-methyl/N-ethyl adjacent to an activating group) is 1. The van der Waals surface area contributed by atoms with Gasteiger partial charge in [-0.25, -0.2) is 4.68 Å². The third-order valence-corrected chi connectivity index (χ3v) is 4.58. The van der Waals surface area contributed by atoms with Crippen LogP contribution in [0.1, 0.15) is 11.1 Å². The summed E-state index contributed by atoms with van der Waals surface area (Å²) in [6.45, 7) is 4.44. The van der Waals surface area contributed by atoms with E-state index in [4.69, 9.17) is 5.10 Å². The molecule has 0 bridgehead atoms. The van der Waals surface area contributed by atoms with Crippen LogP contribution in [-0.2, 0) is 9.59 Å². The van der Waals surface area contributed by atoms with Crippen molar-refractivity contribution in [3.63, 3.8) is 0 Å². The van der Waals surface area contributed by atoms with Crippen LogP contribution in [0.4, 0.5) is 5.82 Å². The fraction of sp³-hybridized carbons (Fsp3) is 0.227. The molecule has 150 valence electrons. The molecule has 1 aromatic heterocycles. The van der Waals surface area contributed by atoms with Crippen molar-refractivity contribution in [3.05, 3.63) is 65.7 Å². The number of aryl methyl sites for hydroxylation is 2. The molecule has 0 fully saturated rings. The Balaban J connectivity index is 1.89. The number of para-hydroxylation sites is 1. The second-order valence-electron chi connectivity index (χ2n) is 6.90. The van der Waals surface area contributed by atoms with Crippen molar-refractivity contribution >= 4 is 17.6 Å². The number of amides is 2. The van der Waals surface area contributed by atoms with Crippen LogP contribution < -0.4 is 16.0 Å². The number of nitrogens with one attached hydrogen (secondary N) is 2. The smallest absolute Gasteiger partial charge is 0.280 e. The maximum Gasteiger partial charge on any atom is 0.280 e. The molecule has 0 atom stereocenters. The Kier molecular flexibility index (Phi) is 6.41. The lowest BCUT2D eigenvalue weighted by molar-refractivity contribution is -0.632. The molecular weight excluding hydrogens is 366 g/mol. The Bertz CT molecular complexity index is 1010. The molecule has 3 aromatic rings. The van der Waals surface area contributed by atoms with E-state index in [-0.39, 0.29) is 24.9 Å². The van der Waals surface area contributed by atoms with E-state index in [1.165, 1.54) is 0 Å². The zero-order valence-electron chi connectivity index (χ0n) is 16.9. The average molecular weight is 392 g/mol. The van der Waals surface area contributed by atoms with Gasteiger partial charge in [-0.3, -0.25) is 9.59 Å². The molecule has 2 amide bonds. The van der Waals surface area contributed by atoms with Gasteiger partial charge in [0.25, 0.3) is 11.8 Å². The number of hydrogen-bond acceptors (Lipinski definition) is 3. The van der Waals surface area contributed by atoms with E-state index >= 15 is 0 Å². The summed E-state index contributed by atoms with van der Waals surface area (Å²) in [6.07, 6.45) is 0. The number of hydrogen-bond donors (Lipinski definition) is 3. The van der Waals surface area contributed by atoms with Crippen molar-refractivity contribution in [1.29, 1.82) is 0 Å². The number of carbonyl (C=O) groups excluding carboxylic acids is 2. The van der Waals surface area contributed by atoms with Gasteiger partial charge in [-0.15, -0.1) is 0 Å². The van der Waals surface area contributed by atoms with Gasteiger partial charge in [0.05, 0.1) is 11.4 Å². The number of benzene rings is 2. The standard InChI is InChI=1S/C22H25N5O2/c1-15-9-10-16(2)18(11-15)19-12-20(25-22(29)14-24-13-21(28)23-3)27(26-19)17-7-5-4-6-8-17/h4-12,24H,13-14H2,1-3H3,(H,23,28)(H,25,29)/p+1. The highest BCUT2D eigenvalue weighted by atomic mass is 16.2. The van der Waals surface area contributed by atoms with Crippen molar-refractivity contribution in [2.24, 2.45) is 0 Å². The fourth-order valence-electron chi connectivity index (χ4n) is 3.01. The summed E-state index contributed by atoms with van der Waals surface area (Å²) in [4.78, 5) is 23.7. The first-order valence-corrected chi connectivity index (χ1v) is 9.53. The number of carbonyl (C=O) groups is 2. The maximum atomic E-state index is 12.4. The first-order valence-electron chi connectivity index (χ1n) is 9.53. The third kappa shape index (κ3) is 5.08. The second-order valence-corrected chi connectivity index (χ2v) is 6.90. The lowest BCUT2D eigenvalue weighted by atomic mass is 10.0. The van der Waals surface area contributed by atoms with Gasteiger partial charge in [0.15, 0.2) is 13.1 Å². The molecule has 3 rings (SSSR count). The van der Waals surface area contributed by atoms with Gasteiger partial charge in [-0.05, 0) is 37.6 Å². The first-order chi connectivity index (χ1) is 14.0. The molecule has 2 aromatic carbocycles. The molecule has 29 heavy (non-hydrogen) atoms. The average Bonchev–Trinajstić information content (AvgIpc) is 3.13. The van der Waals surface area contributed by atoms with Crippen molar-refractivity contribution in [2.75, 3.05) is 25.5 Å². The van der Waals surface area contributed by atoms with Crippen LogP contribution in [0, 0.1) is 13.8 Å². The lowest BCUT2D eigenvalue weighted by Gasteiger charge is -2.08. The molecule has 4 N–H and O–H groups in total. The van der Waals surface area contributed by atoms with E-state index in [9.17, 15) is 9.59 Å². The minimum absolute atomic E-state index is 0.121. The number of anilines is 1. The van der Waals surface area contributed by atoms with Gasteiger partial charge >= 0.3 is 0 Å². The quantitative estimate of drug-likeness (QED) is 0.568. The maximum absolute atomic E-state index is 12.4. The van der Waals surface area contributed by atoms with Crippen LogP contribution in [-0.4, -0.2) is 41.7 Å². The highest BCUT2D eigenvalue weighted by molar-refractivity contribution is 5.91. The van der Waals surface area contributed by atoms with Gasteiger partial charge in [-0.2, -0.15) is 5.10 Å². The van der Waals surface area contributed by atoms with Crippen LogP contribution in [0.15, 0.2) is 54.6 Å². The minimum Gasteiger partial charge on any atom is -0.354 e. The summed E-state index contributed by atoms with van der Waals surface area (Å²) in [5, 5.41) is 11.9. The van der Waals surface area contributed by atoms with Crippen LogP contribution >= 0.6 is 0 Å². The molecule has 0 aliphatic rings. The predicted octanol–water partition coefficient (Wildman–Crippen LogP) is 1.40. The lowest BCUT2D eigenvalue weighted by Crippen LogP contribution is -2.88. The molecule has 0 saturated carbocycles. The second kappa shape index (κ2) is 9.16. The van der Waals surface area contributed by atoms with E-state index in [1.807, 2.05) is 50.2 Å². The first kappa shape index (κ1) is 20.3. The van der Waals surface area contributed by atoms with E-state index in [0.717, 1.165) is 28.1 Å². The van der Waals surface area contributed by atoms with Crippen LogP contribution in [0.2, 0.25) is 0 Å². The summed E-state index contributed by atoms with van der Waals surface area (Å²) in [6, 6.07) is 17.8. The molecule has 1 heterocycles. The zero-order chi connectivity index (χ0) is 20.8. The molecular formula is C22H26N5O2+. The Morgan fingerprint density at radius 2 is 1.72 bits per heavy atom. The van der Waals surface area contributed by atoms with Gasteiger partial charge < -0.3 is 16.0 Å². The number of nitrogens with two attached hydrogens (primary N) is 1. The van der Waals surface area contributed by atoms with Crippen molar-refractivity contribution in [1.82, 2.24) is 15.1 Å². The minimum atomic E-state index is -0.196. The van der Waals surface area contributed by atoms with Crippen LogP contribution in [0.3, 0.4) is 0 Å². The number of nitrogens with zero attached hydrogens (tertiary/aromatic N) is 2. The van der Waals surface area contributed by atoms with Crippen molar-refractivity contribution in [2.45, 2.75) is 13.8 Å². The van der Waals surface area contributed by atoms with E-state index in [0.29, 0.717) is 5.82 Å². The molecule has 0 unspecified atom stereocenters. The summed E-state index contributed by atoms with van der Waals surface area (Å²) in [7, 11) is 1.57. The van der Waals surface area contributed by atoms with Crippen molar-refractivity contribution < 1.29 is 14.9 Å². The molecule has 0 radical (unpaired) electrons. The monoisotopic (exact) mass is 392 g/mol. The largest absolute Gasteiger partial charge is 0.354 e. The molecule has 7 heteroatoms. The Hall–Kier alpha value is -3.45. The normalized spacial score (nSPS) is 10.6. The summed E-state index contributed by atoms with van der Waals surface area (Å²) < 4.78 is 1.73. The third-order valence-electron chi connectivity index (χ3n) is 4.58. The van der Waals surface area contributed by atoms with E-state index in [2.05, 4.69) is 28.8 Å². The van der Waals surface area contributed by atoms with Crippen LogP contribution in [0.5, 0.6) is 0 Å². The molecule has 7 nitrogen and oxygen atoms in total.